The van der Waals surface area contributed by atoms with Gasteiger partial charge in [-0.1, -0.05) is 0 Å². The number of piperazine rings is 1. The lowest BCUT2D eigenvalue weighted by atomic mass is 10.0. The third-order valence-electron chi connectivity index (χ3n) is 5.81. The standard InChI is InChI=1S/C21H22FN5O2/c1-21(3-4-21)29-17-8-14-13(7-15(17)22)10-23-20(14)16-9-18(25-12-24-16)27-6-5-26(2)19(28)11-27/h7-9,12H,3-6,10-11H2,1-2H3. The maximum Gasteiger partial charge on any atom is 0.241 e. The molecule has 2 fully saturated rings. The van der Waals surface area contributed by atoms with Gasteiger partial charge in [0.1, 0.15) is 17.7 Å². The number of amides is 1. The second kappa shape index (κ2) is 6.50. The van der Waals surface area contributed by atoms with Gasteiger partial charge < -0.3 is 14.5 Å². The molecule has 3 aliphatic rings. The number of aliphatic imine (C=N–C) groups is 1. The lowest BCUT2D eigenvalue weighted by Crippen LogP contribution is -2.48. The highest BCUT2D eigenvalue weighted by atomic mass is 19.1. The quantitative estimate of drug-likeness (QED) is 0.794. The fourth-order valence-electron chi connectivity index (χ4n) is 3.64. The summed E-state index contributed by atoms with van der Waals surface area (Å²) in [4.78, 5) is 29.0. The van der Waals surface area contributed by atoms with Crippen LogP contribution in [0.5, 0.6) is 5.75 Å². The number of carbonyl (C=O) groups excluding carboxylic acids is 1. The summed E-state index contributed by atoms with van der Waals surface area (Å²) in [6.07, 6.45) is 3.35. The number of hydrogen-bond acceptors (Lipinski definition) is 6. The highest BCUT2D eigenvalue weighted by Crippen LogP contribution is 2.41. The Morgan fingerprint density at radius 1 is 1.17 bits per heavy atom. The zero-order valence-corrected chi connectivity index (χ0v) is 16.5. The fraction of sp³-hybridized carbons (Fsp3) is 0.429. The smallest absolute Gasteiger partial charge is 0.241 e. The van der Waals surface area contributed by atoms with E-state index in [-0.39, 0.29) is 29.6 Å². The SMILES string of the molecule is CN1CCN(c2cc(C3=NCc4cc(F)c(OC5(C)CC5)cc43)ncn2)CC1=O. The Balaban J connectivity index is 1.45. The summed E-state index contributed by atoms with van der Waals surface area (Å²) < 4.78 is 20.3. The van der Waals surface area contributed by atoms with E-state index in [1.807, 2.05) is 17.9 Å². The highest BCUT2D eigenvalue weighted by molar-refractivity contribution is 6.14. The molecule has 2 aromatic rings. The zero-order valence-electron chi connectivity index (χ0n) is 16.5. The molecule has 0 bridgehead atoms. The van der Waals surface area contributed by atoms with Gasteiger partial charge in [-0.15, -0.1) is 0 Å². The summed E-state index contributed by atoms with van der Waals surface area (Å²) in [6, 6.07) is 5.09. The normalized spacial score (nSPS) is 19.8. The lowest BCUT2D eigenvalue weighted by Gasteiger charge is -2.32. The Bertz CT molecular complexity index is 1030. The van der Waals surface area contributed by atoms with Gasteiger partial charge in [0.25, 0.3) is 0 Å². The van der Waals surface area contributed by atoms with Gasteiger partial charge in [0.15, 0.2) is 11.6 Å². The van der Waals surface area contributed by atoms with E-state index in [9.17, 15) is 9.18 Å². The predicted octanol–water partition coefficient (Wildman–Crippen LogP) is 2.18. The van der Waals surface area contributed by atoms with Crippen molar-refractivity contribution in [3.8, 4) is 5.75 Å². The molecule has 0 radical (unpaired) electrons. The molecule has 3 heterocycles. The molecule has 1 aromatic carbocycles. The number of hydrogen-bond donors (Lipinski definition) is 0. The van der Waals surface area contributed by atoms with Crippen LogP contribution in [0.25, 0.3) is 0 Å². The van der Waals surface area contributed by atoms with Crippen LogP contribution in [-0.4, -0.2) is 58.8 Å². The van der Waals surface area contributed by atoms with E-state index in [2.05, 4.69) is 15.0 Å². The number of halogens is 1. The fourth-order valence-corrected chi connectivity index (χ4v) is 3.64. The Morgan fingerprint density at radius 2 is 2.00 bits per heavy atom. The van der Waals surface area contributed by atoms with Gasteiger partial charge in [-0.3, -0.25) is 9.79 Å². The van der Waals surface area contributed by atoms with E-state index < -0.39 is 0 Å². The predicted molar refractivity (Wildman–Crippen MR) is 106 cm³/mol. The summed E-state index contributed by atoms with van der Waals surface area (Å²) in [6.45, 7) is 4.05. The number of ether oxygens (including phenoxy) is 1. The van der Waals surface area contributed by atoms with Gasteiger partial charge >= 0.3 is 0 Å². The topological polar surface area (TPSA) is 70.9 Å². The molecule has 150 valence electrons. The van der Waals surface area contributed by atoms with Gasteiger partial charge in [-0.25, -0.2) is 14.4 Å². The molecule has 5 rings (SSSR count). The molecule has 2 aliphatic heterocycles. The number of rotatable bonds is 4. The van der Waals surface area contributed by atoms with Crippen molar-refractivity contribution in [2.24, 2.45) is 4.99 Å². The van der Waals surface area contributed by atoms with E-state index in [1.54, 1.807) is 18.0 Å². The number of anilines is 1. The molecule has 7 nitrogen and oxygen atoms in total. The van der Waals surface area contributed by atoms with E-state index in [0.29, 0.717) is 36.9 Å². The number of benzene rings is 1. The third-order valence-corrected chi connectivity index (χ3v) is 5.81. The second-order valence-electron chi connectivity index (χ2n) is 8.15. The van der Waals surface area contributed by atoms with Crippen molar-refractivity contribution >= 4 is 17.4 Å². The minimum absolute atomic E-state index is 0.0609. The second-order valence-corrected chi connectivity index (χ2v) is 8.15. The molecule has 0 unspecified atom stereocenters. The van der Waals surface area contributed by atoms with Crippen LogP contribution < -0.4 is 9.64 Å². The molecule has 0 N–H and O–H groups in total. The molecule has 8 heteroatoms. The number of nitrogens with zero attached hydrogens (tertiary/aromatic N) is 5. The molecular weight excluding hydrogens is 373 g/mol. The van der Waals surface area contributed by atoms with Crippen LogP contribution in [0.2, 0.25) is 0 Å². The van der Waals surface area contributed by atoms with Crippen molar-refractivity contribution in [2.45, 2.75) is 31.9 Å². The molecule has 0 atom stereocenters. The van der Waals surface area contributed by atoms with Crippen molar-refractivity contribution in [2.75, 3.05) is 31.6 Å². The molecule has 29 heavy (non-hydrogen) atoms. The van der Waals surface area contributed by atoms with Gasteiger partial charge in [-0.2, -0.15) is 0 Å². The number of fused-ring (bicyclic) bond motifs is 1. The first-order valence-electron chi connectivity index (χ1n) is 9.79. The zero-order chi connectivity index (χ0) is 20.2. The average Bonchev–Trinajstić information content (AvgIpc) is 3.29. The summed E-state index contributed by atoms with van der Waals surface area (Å²) in [5.74, 6) is 0.660. The largest absolute Gasteiger partial charge is 0.484 e. The summed E-state index contributed by atoms with van der Waals surface area (Å²) in [7, 11) is 1.80. The van der Waals surface area contributed by atoms with Gasteiger partial charge in [0.2, 0.25) is 5.91 Å². The maximum absolute atomic E-state index is 14.5. The molecule has 0 spiro atoms. The number of likely N-dealkylation sites (N-methyl/N-ethyl adjacent to an activating group) is 1. The monoisotopic (exact) mass is 395 g/mol. The number of aromatic nitrogens is 2. The van der Waals surface area contributed by atoms with Crippen LogP contribution >= 0.6 is 0 Å². The van der Waals surface area contributed by atoms with Crippen molar-refractivity contribution in [1.29, 1.82) is 0 Å². The van der Waals surface area contributed by atoms with Gasteiger partial charge in [0, 0.05) is 31.8 Å². The van der Waals surface area contributed by atoms with Crippen molar-refractivity contribution in [3.05, 3.63) is 47.2 Å². The van der Waals surface area contributed by atoms with E-state index >= 15 is 0 Å². The third kappa shape index (κ3) is 3.32. The molecule has 1 saturated carbocycles. The Morgan fingerprint density at radius 3 is 2.76 bits per heavy atom. The molecular formula is C21H22FN5O2. The Labute approximate surface area is 168 Å². The lowest BCUT2D eigenvalue weighted by molar-refractivity contribution is -0.129. The molecule has 1 saturated heterocycles. The van der Waals surface area contributed by atoms with Crippen LogP contribution in [0.3, 0.4) is 0 Å². The van der Waals surface area contributed by atoms with Crippen LogP contribution in [-0.2, 0) is 11.3 Å². The summed E-state index contributed by atoms with van der Waals surface area (Å²) in [5, 5.41) is 0. The van der Waals surface area contributed by atoms with Gasteiger partial charge in [-0.05, 0) is 37.5 Å². The van der Waals surface area contributed by atoms with Crippen molar-refractivity contribution in [1.82, 2.24) is 14.9 Å². The average molecular weight is 395 g/mol. The highest BCUT2D eigenvalue weighted by Gasteiger charge is 2.41. The summed E-state index contributed by atoms with van der Waals surface area (Å²) >= 11 is 0. The minimum atomic E-state index is -0.354. The van der Waals surface area contributed by atoms with Gasteiger partial charge in [0.05, 0.1) is 24.5 Å². The van der Waals surface area contributed by atoms with E-state index in [1.165, 1.54) is 12.4 Å². The Hall–Kier alpha value is -3.03. The van der Waals surface area contributed by atoms with Crippen LogP contribution in [0.4, 0.5) is 10.2 Å². The molecule has 1 aliphatic carbocycles. The molecule has 1 aromatic heterocycles. The maximum atomic E-state index is 14.5. The van der Waals surface area contributed by atoms with Crippen molar-refractivity contribution in [3.63, 3.8) is 0 Å². The molecule has 1 amide bonds. The van der Waals surface area contributed by atoms with Crippen LogP contribution in [0, 0.1) is 5.82 Å². The van der Waals surface area contributed by atoms with Crippen molar-refractivity contribution < 1.29 is 13.9 Å². The van der Waals surface area contributed by atoms with E-state index in [0.717, 1.165) is 24.0 Å². The first-order chi connectivity index (χ1) is 13.9. The Kier molecular flexibility index (Phi) is 4.04. The minimum Gasteiger partial charge on any atom is -0.484 e. The number of carbonyl (C=O) groups is 1. The first kappa shape index (κ1) is 18.0. The van der Waals surface area contributed by atoms with Crippen LogP contribution in [0.1, 0.15) is 36.6 Å². The first-order valence-corrected chi connectivity index (χ1v) is 9.79. The van der Waals surface area contributed by atoms with E-state index in [4.69, 9.17) is 4.74 Å². The summed E-state index contributed by atoms with van der Waals surface area (Å²) in [5.41, 5.74) is 2.76. The van der Waals surface area contributed by atoms with Crippen LogP contribution in [0.15, 0.2) is 29.5 Å².